The Morgan fingerprint density at radius 1 is 1.38 bits per heavy atom. The number of anilines is 1. The minimum atomic E-state index is -0.526. The number of carbonyl (C=O) groups excluding carboxylic acids is 1. The van der Waals surface area contributed by atoms with Gasteiger partial charge in [0.2, 0.25) is 5.91 Å². The quantitative estimate of drug-likeness (QED) is 0.543. The number of nitrogens with zero attached hydrogens (tertiary/aromatic N) is 4. The summed E-state index contributed by atoms with van der Waals surface area (Å²) < 4.78 is 5.03. The largest absolute Gasteiger partial charge is 0.496 e. The Morgan fingerprint density at radius 3 is 2.69 bits per heavy atom. The third-order valence-corrected chi connectivity index (χ3v) is 5.87. The molecule has 1 aliphatic rings. The van der Waals surface area contributed by atoms with Crippen molar-refractivity contribution < 1.29 is 14.5 Å². The SMILES string of the molecule is COc1ccc(NC(=O)[C@H](C)N2CCN(Cc3csc(C)n3)CC2)c([N+](=O)[O-])c1. The third kappa shape index (κ3) is 5.28. The summed E-state index contributed by atoms with van der Waals surface area (Å²) >= 11 is 1.65. The molecule has 1 aromatic heterocycles. The van der Waals surface area contributed by atoms with Gasteiger partial charge in [-0.25, -0.2) is 4.98 Å². The van der Waals surface area contributed by atoms with Gasteiger partial charge in [0.15, 0.2) is 0 Å². The molecule has 29 heavy (non-hydrogen) atoms. The Hall–Kier alpha value is -2.56. The zero-order valence-corrected chi connectivity index (χ0v) is 17.6. The summed E-state index contributed by atoms with van der Waals surface area (Å²) in [5, 5.41) is 17.2. The predicted octanol–water partition coefficient (Wildman–Crippen LogP) is 2.51. The van der Waals surface area contributed by atoms with Crippen LogP contribution in [0.15, 0.2) is 23.6 Å². The first-order valence-corrected chi connectivity index (χ1v) is 10.3. The molecule has 0 aliphatic carbocycles. The highest BCUT2D eigenvalue weighted by Crippen LogP contribution is 2.29. The molecule has 3 rings (SSSR count). The number of thiazole rings is 1. The number of benzene rings is 1. The lowest BCUT2D eigenvalue weighted by Crippen LogP contribution is -2.52. The van der Waals surface area contributed by atoms with E-state index in [-0.39, 0.29) is 23.3 Å². The number of amides is 1. The topological polar surface area (TPSA) is 101 Å². The van der Waals surface area contributed by atoms with Crippen LogP contribution in [-0.2, 0) is 11.3 Å². The normalized spacial score (nSPS) is 16.4. The summed E-state index contributed by atoms with van der Waals surface area (Å²) in [6.07, 6.45) is 0. The van der Waals surface area contributed by atoms with Crippen LogP contribution in [-0.4, -0.2) is 64.9 Å². The Labute approximate surface area is 173 Å². The molecule has 1 N–H and O–H groups in total. The van der Waals surface area contributed by atoms with Crippen LogP contribution in [0.5, 0.6) is 5.75 Å². The van der Waals surface area contributed by atoms with E-state index in [0.717, 1.165) is 43.4 Å². The molecule has 1 fully saturated rings. The van der Waals surface area contributed by atoms with Gasteiger partial charge in [-0.2, -0.15) is 0 Å². The van der Waals surface area contributed by atoms with Crippen molar-refractivity contribution in [2.24, 2.45) is 0 Å². The van der Waals surface area contributed by atoms with Gasteiger partial charge in [-0.15, -0.1) is 11.3 Å². The van der Waals surface area contributed by atoms with Gasteiger partial charge in [0.1, 0.15) is 11.4 Å². The number of nitro benzene ring substituents is 1. The van der Waals surface area contributed by atoms with Crippen LogP contribution in [0.2, 0.25) is 0 Å². The number of ether oxygens (including phenoxy) is 1. The lowest BCUT2D eigenvalue weighted by atomic mass is 10.2. The molecular weight excluding hydrogens is 394 g/mol. The molecular formula is C19H25N5O4S. The predicted molar refractivity (Wildman–Crippen MR) is 111 cm³/mol. The second kappa shape index (κ2) is 9.29. The Bertz CT molecular complexity index is 879. The van der Waals surface area contributed by atoms with Crippen LogP contribution in [0, 0.1) is 17.0 Å². The van der Waals surface area contributed by atoms with Crippen LogP contribution >= 0.6 is 11.3 Å². The minimum absolute atomic E-state index is 0.171. The number of rotatable bonds is 7. The second-order valence-corrected chi connectivity index (χ2v) is 8.04. The Kier molecular flexibility index (Phi) is 6.78. The van der Waals surface area contributed by atoms with Crippen molar-refractivity contribution >= 4 is 28.6 Å². The number of nitro groups is 1. The van der Waals surface area contributed by atoms with Gasteiger partial charge in [-0.1, -0.05) is 0 Å². The van der Waals surface area contributed by atoms with E-state index in [1.165, 1.54) is 19.2 Å². The van der Waals surface area contributed by atoms with Crippen molar-refractivity contribution in [1.82, 2.24) is 14.8 Å². The molecule has 156 valence electrons. The van der Waals surface area contributed by atoms with Crippen LogP contribution in [0.1, 0.15) is 17.6 Å². The Balaban J connectivity index is 1.56. The van der Waals surface area contributed by atoms with Gasteiger partial charge in [-0.05, 0) is 26.0 Å². The molecule has 1 aromatic carbocycles. The smallest absolute Gasteiger partial charge is 0.296 e. The highest BCUT2D eigenvalue weighted by Gasteiger charge is 2.27. The number of methoxy groups -OCH3 is 1. The van der Waals surface area contributed by atoms with Crippen LogP contribution in [0.3, 0.4) is 0 Å². The summed E-state index contributed by atoms with van der Waals surface area (Å²) in [7, 11) is 1.44. The van der Waals surface area contributed by atoms with E-state index in [9.17, 15) is 14.9 Å². The third-order valence-electron chi connectivity index (χ3n) is 5.05. The highest BCUT2D eigenvalue weighted by atomic mass is 32.1. The molecule has 1 saturated heterocycles. The van der Waals surface area contributed by atoms with E-state index >= 15 is 0 Å². The summed E-state index contributed by atoms with van der Waals surface area (Å²) in [4.78, 5) is 32.4. The fraction of sp³-hybridized carbons (Fsp3) is 0.474. The molecule has 1 atom stereocenters. The fourth-order valence-electron chi connectivity index (χ4n) is 3.32. The number of hydrogen-bond acceptors (Lipinski definition) is 8. The Morgan fingerprint density at radius 2 is 2.10 bits per heavy atom. The summed E-state index contributed by atoms with van der Waals surface area (Å²) in [5.74, 6) is 0.107. The van der Waals surface area contributed by atoms with Gasteiger partial charge >= 0.3 is 0 Å². The van der Waals surface area contributed by atoms with E-state index in [4.69, 9.17) is 4.74 Å². The number of aryl methyl sites for hydroxylation is 1. The number of nitrogens with one attached hydrogen (secondary N) is 1. The van der Waals surface area contributed by atoms with Crippen molar-refractivity contribution in [3.63, 3.8) is 0 Å². The summed E-state index contributed by atoms with van der Waals surface area (Å²) in [6, 6.07) is 4.00. The molecule has 2 heterocycles. The second-order valence-electron chi connectivity index (χ2n) is 6.98. The number of hydrogen-bond donors (Lipinski definition) is 1. The van der Waals surface area contributed by atoms with E-state index in [0.29, 0.717) is 5.75 Å². The van der Waals surface area contributed by atoms with Gasteiger partial charge in [0, 0.05) is 38.1 Å². The van der Waals surface area contributed by atoms with E-state index in [1.807, 2.05) is 13.8 Å². The maximum absolute atomic E-state index is 12.7. The van der Waals surface area contributed by atoms with Crippen molar-refractivity contribution in [2.75, 3.05) is 38.6 Å². The first kappa shape index (κ1) is 21.2. The molecule has 10 heteroatoms. The zero-order chi connectivity index (χ0) is 21.0. The number of carbonyl (C=O) groups is 1. The maximum Gasteiger partial charge on any atom is 0.296 e. The number of piperazine rings is 1. The molecule has 0 bridgehead atoms. The average Bonchev–Trinajstić information content (AvgIpc) is 3.12. The first-order valence-electron chi connectivity index (χ1n) is 9.38. The fourth-order valence-corrected chi connectivity index (χ4v) is 3.92. The van der Waals surface area contributed by atoms with Crippen LogP contribution in [0.4, 0.5) is 11.4 Å². The number of aromatic nitrogens is 1. The monoisotopic (exact) mass is 419 g/mol. The lowest BCUT2D eigenvalue weighted by molar-refractivity contribution is -0.384. The lowest BCUT2D eigenvalue weighted by Gasteiger charge is -2.37. The molecule has 9 nitrogen and oxygen atoms in total. The molecule has 1 aliphatic heterocycles. The van der Waals surface area contributed by atoms with Gasteiger partial charge < -0.3 is 10.1 Å². The van der Waals surface area contributed by atoms with Crippen LogP contribution in [0.25, 0.3) is 0 Å². The summed E-state index contributed by atoms with van der Waals surface area (Å²) in [6.45, 7) is 7.83. The van der Waals surface area contributed by atoms with E-state index in [2.05, 4.69) is 25.5 Å². The highest BCUT2D eigenvalue weighted by molar-refractivity contribution is 7.09. The molecule has 1 amide bonds. The van der Waals surface area contributed by atoms with Crippen LogP contribution < -0.4 is 10.1 Å². The van der Waals surface area contributed by atoms with Crippen molar-refractivity contribution in [1.29, 1.82) is 0 Å². The van der Waals surface area contributed by atoms with E-state index in [1.54, 1.807) is 17.4 Å². The van der Waals surface area contributed by atoms with Crippen molar-refractivity contribution in [2.45, 2.75) is 26.4 Å². The molecule has 0 spiro atoms. The minimum Gasteiger partial charge on any atom is -0.496 e. The first-order chi connectivity index (χ1) is 13.9. The van der Waals surface area contributed by atoms with Gasteiger partial charge in [0.25, 0.3) is 5.69 Å². The van der Waals surface area contributed by atoms with Crippen molar-refractivity contribution in [3.05, 3.63) is 44.4 Å². The molecule has 2 aromatic rings. The molecule has 0 saturated carbocycles. The molecule has 0 unspecified atom stereocenters. The van der Waals surface area contributed by atoms with E-state index < -0.39 is 4.92 Å². The summed E-state index contributed by atoms with van der Waals surface area (Å²) in [5.41, 5.74) is 1.07. The van der Waals surface area contributed by atoms with Crippen molar-refractivity contribution in [3.8, 4) is 5.75 Å². The standard InChI is InChI=1S/C19H25N5O4S/c1-13(19(25)21-17-5-4-16(28-3)10-18(17)24(26)27)23-8-6-22(7-9-23)11-15-12-29-14(2)20-15/h4-5,10,12-13H,6-9,11H2,1-3H3,(H,21,25)/t13-/m0/s1. The van der Waals surface area contributed by atoms with Gasteiger partial charge in [-0.3, -0.25) is 24.7 Å². The molecule has 0 radical (unpaired) electrons. The van der Waals surface area contributed by atoms with Gasteiger partial charge in [0.05, 0.1) is 34.8 Å². The average molecular weight is 420 g/mol. The zero-order valence-electron chi connectivity index (χ0n) is 16.8. The maximum atomic E-state index is 12.7.